The van der Waals surface area contributed by atoms with E-state index in [4.69, 9.17) is 10.5 Å². The van der Waals surface area contributed by atoms with Gasteiger partial charge < -0.3 is 15.8 Å². The zero-order chi connectivity index (χ0) is 13.1. The first-order valence-electron chi connectivity index (χ1n) is 8.01. The van der Waals surface area contributed by atoms with Crippen LogP contribution in [0.25, 0.3) is 0 Å². The summed E-state index contributed by atoms with van der Waals surface area (Å²) in [7, 11) is 0. The minimum atomic E-state index is 0.300. The zero-order valence-electron chi connectivity index (χ0n) is 11.8. The first kappa shape index (κ1) is 13.2. The number of ether oxygens (including phenoxy) is 1. The van der Waals surface area contributed by atoms with Crippen molar-refractivity contribution in [3.05, 3.63) is 0 Å². The lowest BCUT2D eigenvalue weighted by Crippen LogP contribution is -2.35. The fraction of sp³-hybridized carbons (Fsp3) is 0.933. The van der Waals surface area contributed by atoms with Crippen LogP contribution in [0.2, 0.25) is 0 Å². The minimum Gasteiger partial charge on any atom is -0.376 e. The molecule has 3 fully saturated rings. The maximum Gasteiger partial charge on any atom is 0.188 e. The number of guanidine groups is 1. The molecular weight excluding hydrogens is 238 g/mol. The van der Waals surface area contributed by atoms with Crippen molar-refractivity contribution < 1.29 is 4.74 Å². The van der Waals surface area contributed by atoms with E-state index >= 15 is 0 Å². The number of aliphatic imine (C=N–C) groups is 1. The maximum atomic E-state index is 5.97. The van der Waals surface area contributed by atoms with E-state index in [2.05, 4.69) is 10.3 Å². The molecule has 0 aromatic rings. The molecule has 0 amide bonds. The summed E-state index contributed by atoms with van der Waals surface area (Å²) in [5.41, 5.74) is 5.97. The lowest BCUT2D eigenvalue weighted by atomic mass is 9.85. The minimum absolute atomic E-state index is 0.300. The van der Waals surface area contributed by atoms with Crippen molar-refractivity contribution in [1.29, 1.82) is 0 Å². The standard InChI is InChI=1S/C15H27N3O/c16-15(17-10-12-7-4-8-19-12)18-14-9-13(14)11-5-2-1-3-6-11/h11-14H,1-10H2,(H3,16,17,18). The number of hydrogen-bond acceptors (Lipinski definition) is 2. The van der Waals surface area contributed by atoms with Gasteiger partial charge in [-0.15, -0.1) is 0 Å². The molecule has 4 heteroatoms. The van der Waals surface area contributed by atoms with Crippen molar-refractivity contribution in [2.75, 3.05) is 13.2 Å². The quantitative estimate of drug-likeness (QED) is 0.604. The lowest BCUT2D eigenvalue weighted by Gasteiger charge is -2.21. The molecule has 108 valence electrons. The van der Waals surface area contributed by atoms with Gasteiger partial charge in [0.05, 0.1) is 12.6 Å². The summed E-state index contributed by atoms with van der Waals surface area (Å²) in [6.45, 7) is 1.61. The smallest absolute Gasteiger partial charge is 0.188 e. The Morgan fingerprint density at radius 2 is 2.00 bits per heavy atom. The highest BCUT2D eigenvalue weighted by Gasteiger charge is 2.43. The van der Waals surface area contributed by atoms with Gasteiger partial charge in [-0.2, -0.15) is 0 Å². The van der Waals surface area contributed by atoms with Crippen LogP contribution in [0.3, 0.4) is 0 Å². The molecule has 3 atom stereocenters. The summed E-state index contributed by atoms with van der Waals surface area (Å²) in [6.07, 6.45) is 11.0. The van der Waals surface area contributed by atoms with Crippen molar-refractivity contribution >= 4 is 5.96 Å². The van der Waals surface area contributed by atoms with Crippen molar-refractivity contribution in [3.8, 4) is 0 Å². The normalized spacial score (nSPS) is 36.4. The predicted octanol–water partition coefficient (Wildman–Crippen LogP) is 2.04. The third kappa shape index (κ3) is 3.62. The van der Waals surface area contributed by atoms with Crippen LogP contribution in [0, 0.1) is 11.8 Å². The Balaban J connectivity index is 1.38. The van der Waals surface area contributed by atoms with Gasteiger partial charge in [-0.1, -0.05) is 32.1 Å². The van der Waals surface area contributed by atoms with E-state index < -0.39 is 0 Å². The Bertz CT molecular complexity index is 319. The predicted molar refractivity (Wildman–Crippen MR) is 77.1 cm³/mol. The maximum absolute atomic E-state index is 5.97. The van der Waals surface area contributed by atoms with Crippen molar-refractivity contribution in [3.63, 3.8) is 0 Å². The van der Waals surface area contributed by atoms with Crippen LogP contribution >= 0.6 is 0 Å². The molecule has 3 aliphatic rings. The third-order valence-electron chi connectivity index (χ3n) is 4.92. The van der Waals surface area contributed by atoms with Crippen molar-refractivity contribution in [2.24, 2.45) is 22.6 Å². The second-order valence-corrected chi connectivity index (χ2v) is 6.41. The van der Waals surface area contributed by atoms with Gasteiger partial charge in [-0.05, 0) is 31.1 Å². The first-order chi connectivity index (χ1) is 9.33. The molecule has 0 radical (unpaired) electrons. The molecule has 2 aliphatic carbocycles. The highest BCUT2D eigenvalue weighted by molar-refractivity contribution is 5.78. The van der Waals surface area contributed by atoms with Gasteiger partial charge in [0.15, 0.2) is 5.96 Å². The van der Waals surface area contributed by atoms with Gasteiger partial charge in [0, 0.05) is 12.6 Å². The summed E-state index contributed by atoms with van der Waals surface area (Å²) in [5.74, 6) is 2.42. The van der Waals surface area contributed by atoms with Gasteiger partial charge in [0.25, 0.3) is 0 Å². The molecule has 1 heterocycles. The molecule has 4 nitrogen and oxygen atoms in total. The van der Waals surface area contributed by atoms with Crippen LogP contribution in [0.4, 0.5) is 0 Å². The molecular formula is C15H27N3O. The molecule has 0 aromatic carbocycles. The number of rotatable bonds is 4. The number of nitrogens with one attached hydrogen (secondary N) is 1. The Morgan fingerprint density at radius 3 is 2.74 bits per heavy atom. The van der Waals surface area contributed by atoms with Crippen LogP contribution < -0.4 is 11.1 Å². The monoisotopic (exact) mass is 265 g/mol. The van der Waals surface area contributed by atoms with Gasteiger partial charge in [0.2, 0.25) is 0 Å². The number of nitrogens with two attached hydrogens (primary N) is 1. The molecule has 3 unspecified atom stereocenters. The van der Waals surface area contributed by atoms with Crippen molar-refractivity contribution in [1.82, 2.24) is 5.32 Å². The van der Waals surface area contributed by atoms with Crippen LogP contribution in [-0.2, 0) is 4.74 Å². The first-order valence-corrected chi connectivity index (χ1v) is 8.01. The summed E-state index contributed by atoms with van der Waals surface area (Å²) >= 11 is 0. The molecule has 0 aromatic heterocycles. The van der Waals surface area contributed by atoms with E-state index in [0.29, 0.717) is 18.1 Å². The fourth-order valence-corrected chi connectivity index (χ4v) is 3.69. The van der Waals surface area contributed by atoms with Crippen LogP contribution in [0.15, 0.2) is 4.99 Å². The Hall–Kier alpha value is -0.770. The van der Waals surface area contributed by atoms with Gasteiger partial charge in [0.1, 0.15) is 0 Å². The van der Waals surface area contributed by atoms with Crippen LogP contribution in [-0.4, -0.2) is 31.3 Å². The van der Waals surface area contributed by atoms with E-state index in [1.54, 1.807) is 0 Å². The second-order valence-electron chi connectivity index (χ2n) is 6.41. The van der Waals surface area contributed by atoms with Gasteiger partial charge in [-0.3, -0.25) is 4.99 Å². The summed E-state index contributed by atoms with van der Waals surface area (Å²) in [4.78, 5) is 4.42. The lowest BCUT2D eigenvalue weighted by molar-refractivity contribution is 0.117. The molecule has 1 aliphatic heterocycles. The summed E-state index contributed by atoms with van der Waals surface area (Å²) in [6, 6.07) is 0.594. The summed E-state index contributed by atoms with van der Waals surface area (Å²) < 4.78 is 5.55. The van der Waals surface area contributed by atoms with E-state index in [0.717, 1.165) is 31.4 Å². The molecule has 1 saturated heterocycles. The molecule has 3 N–H and O–H groups in total. The SMILES string of the molecule is NC(=NCC1CCCO1)NC1CC1C1CCCCC1. The summed E-state index contributed by atoms with van der Waals surface area (Å²) in [5, 5.41) is 3.40. The highest BCUT2D eigenvalue weighted by Crippen LogP contribution is 2.44. The van der Waals surface area contributed by atoms with E-state index in [1.807, 2.05) is 0 Å². The molecule has 3 rings (SSSR count). The van der Waals surface area contributed by atoms with Gasteiger partial charge in [-0.25, -0.2) is 0 Å². The third-order valence-corrected chi connectivity index (χ3v) is 4.92. The number of nitrogens with zero attached hydrogens (tertiary/aromatic N) is 1. The molecule has 2 saturated carbocycles. The van der Waals surface area contributed by atoms with Crippen LogP contribution in [0.1, 0.15) is 51.4 Å². The molecule has 0 bridgehead atoms. The average molecular weight is 265 g/mol. The topological polar surface area (TPSA) is 59.6 Å². The van der Waals surface area contributed by atoms with E-state index in [9.17, 15) is 0 Å². The van der Waals surface area contributed by atoms with E-state index in [1.165, 1.54) is 44.9 Å². The average Bonchev–Trinajstić information content (AvgIpc) is 3.00. The number of hydrogen-bond donors (Lipinski definition) is 2. The Kier molecular flexibility index (Phi) is 4.26. The van der Waals surface area contributed by atoms with E-state index in [-0.39, 0.29) is 0 Å². The largest absolute Gasteiger partial charge is 0.376 e. The van der Waals surface area contributed by atoms with Crippen LogP contribution in [0.5, 0.6) is 0 Å². The Labute approximate surface area is 116 Å². The highest BCUT2D eigenvalue weighted by atomic mass is 16.5. The van der Waals surface area contributed by atoms with Crippen molar-refractivity contribution in [2.45, 2.75) is 63.5 Å². The molecule has 19 heavy (non-hydrogen) atoms. The Morgan fingerprint density at radius 1 is 1.16 bits per heavy atom. The zero-order valence-corrected chi connectivity index (χ0v) is 11.8. The fourth-order valence-electron chi connectivity index (χ4n) is 3.69. The van der Waals surface area contributed by atoms with Gasteiger partial charge >= 0.3 is 0 Å². The molecule has 0 spiro atoms. The second kappa shape index (κ2) is 6.12.